The molecular weight excluding hydrogens is 138 g/mol. The first kappa shape index (κ1) is 10.2. The van der Waals surface area contributed by atoms with Crippen molar-refractivity contribution in [2.24, 2.45) is 0 Å². The van der Waals surface area contributed by atoms with Gasteiger partial charge in [-0.15, -0.1) is 6.58 Å². The van der Waals surface area contributed by atoms with E-state index in [0.29, 0.717) is 6.42 Å². The number of unbranched alkanes of at least 4 members (excludes halogenated alkanes) is 1. The van der Waals surface area contributed by atoms with Crippen LogP contribution >= 0.6 is 0 Å². The van der Waals surface area contributed by atoms with Crippen LogP contribution in [0, 0.1) is 0 Å². The van der Waals surface area contributed by atoms with Gasteiger partial charge in [-0.3, -0.25) is 4.79 Å². The summed E-state index contributed by atoms with van der Waals surface area (Å²) in [6.07, 6.45) is 5.31. The molecule has 1 amide bonds. The summed E-state index contributed by atoms with van der Waals surface area (Å²) in [5.74, 6) is 0.137. The van der Waals surface area contributed by atoms with E-state index < -0.39 is 0 Å². The van der Waals surface area contributed by atoms with E-state index in [1.165, 1.54) is 0 Å². The van der Waals surface area contributed by atoms with Crippen molar-refractivity contribution in [3.05, 3.63) is 12.7 Å². The van der Waals surface area contributed by atoms with Gasteiger partial charge in [-0.2, -0.15) is 0 Å². The molecule has 0 atom stereocenters. The van der Waals surface area contributed by atoms with Crippen LogP contribution in [0.3, 0.4) is 0 Å². The average Bonchev–Trinajstić information content (AvgIpc) is 2.01. The summed E-state index contributed by atoms with van der Waals surface area (Å²) >= 11 is 0. The van der Waals surface area contributed by atoms with Crippen molar-refractivity contribution < 1.29 is 4.79 Å². The maximum atomic E-state index is 10.9. The highest BCUT2D eigenvalue weighted by molar-refractivity contribution is 5.75. The summed E-state index contributed by atoms with van der Waals surface area (Å²) in [5, 5.41) is 2.83. The first-order chi connectivity index (χ1) is 5.31. The van der Waals surface area contributed by atoms with Gasteiger partial charge >= 0.3 is 0 Å². The van der Waals surface area contributed by atoms with Crippen molar-refractivity contribution >= 4 is 5.91 Å². The molecular formula is C9H17NO. The van der Waals surface area contributed by atoms with Gasteiger partial charge in [0.25, 0.3) is 0 Å². The molecule has 64 valence electrons. The minimum absolute atomic E-state index is 0.137. The molecule has 0 aromatic heterocycles. The number of hydrogen-bond donors (Lipinski definition) is 1. The van der Waals surface area contributed by atoms with Gasteiger partial charge in [0, 0.05) is 13.0 Å². The van der Waals surface area contributed by atoms with Crippen molar-refractivity contribution in [1.82, 2.24) is 5.32 Å². The normalized spacial score (nSPS) is 9.18. The minimum atomic E-state index is 0.137. The van der Waals surface area contributed by atoms with Gasteiger partial charge in [0.15, 0.2) is 0 Å². The van der Waals surface area contributed by atoms with Crippen LogP contribution in [0.25, 0.3) is 0 Å². The maximum absolute atomic E-state index is 10.9. The van der Waals surface area contributed by atoms with E-state index in [4.69, 9.17) is 0 Å². The monoisotopic (exact) mass is 155 g/mol. The Bertz CT molecular complexity index is 121. The van der Waals surface area contributed by atoms with Crippen LogP contribution in [0.5, 0.6) is 0 Å². The molecule has 0 aliphatic rings. The Balaban J connectivity index is 3.15. The van der Waals surface area contributed by atoms with E-state index >= 15 is 0 Å². The van der Waals surface area contributed by atoms with Crippen molar-refractivity contribution in [3.63, 3.8) is 0 Å². The molecule has 0 saturated carbocycles. The molecule has 0 radical (unpaired) electrons. The quantitative estimate of drug-likeness (QED) is 0.460. The van der Waals surface area contributed by atoms with Gasteiger partial charge in [-0.05, 0) is 12.8 Å². The third kappa shape index (κ3) is 7.10. The number of carbonyl (C=O) groups excluding carboxylic acids is 1. The number of allylic oxidation sites excluding steroid dienone is 1. The first-order valence-corrected chi connectivity index (χ1v) is 4.18. The highest BCUT2D eigenvalue weighted by Crippen LogP contribution is 1.89. The van der Waals surface area contributed by atoms with Crippen LogP contribution in [0.15, 0.2) is 12.7 Å². The second-order valence-electron chi connectivity index (χ2n) is 2.53. The van der Waals surface area contributed by atoms with E-state index in [2.05, 4.69) is 18.8 Å². The van der Waals surface area contributed by atoms with Crippen LogP contribution < -0.4 is 5.32 Å². The molecule has 0 heterocycles. The van der Waals surface area contributed by atoms with Crippen LogP contribution in [0.4, 0.5) is 0 Å². The molecule has 0 saturated heterocycles. The molecule has 0 unspecified atom stereocenters. The number of carbonyl (C=O) groups is 1. The standard InChI is InChI=1S/C9H17NO/c1-3-5-7-9(11)10-8-6-4-2/h3H,1,4-8H2,2H3,(H,10,11). The van der Waals surface area contributed by atoms with Crippen LogP contribution in [-0.2, 0) is 4.79 Å². The molecule has 0 spiro atoms. The fourth-order valence-electron chi connectivity index (χ4n) is 0.726. The predicted octanol–water partition coefficient (Wildman–Crippen LogP) is 1.87. The van der Waals surface area contributed by atoms with Crippen molar-refractivity contribution in [1.29, 1.82) is 0 Å². The zero-order chi connectivity index (χ0) is 8.53. The Hall–Kier alpha value is -0.790. The first-order valence-electron chi connectivity index (χ1n) is 4.18. The topological polar surface area (TPSA) is 29.1 Å². The lowest BCUT2D eigenvalue weighted by Gasteiger charge is -2.01. The number of hydrogen-bond acceptors (Lipinski definition) is 1. The third-order valence-corrected chi connectivity index (χ3v) is 1.43. The summed E-state index contributed by atoms with van der Waals surface area (Å²) < 4.78 is 0. The molecule has 0 bridgehead atoms. The smallest absolute Gasteiger partial charge is 0.220 e. The van der Waals surface area contributed by atoms with Gasteiger partial charge in [0.2, 0.25) is 5.91 Å². The second kappa shape index (κ2) is 7.32. The van der Waals surface area contributed by atoms with Crippen molar-refractivity contribution in [2.45, 2.75) is 32.6 Å². The van der Waals surface area contributed by atoms with E-state index in [1.54, 1.807) is 6.08 Å². The summed E-state index contributed by atoms with van der Waals surface area (Å²) in [4.78, 5) is 10.9. The summed E-state index contributed by atoms with van der Waals surface area (Å²) in [7, 11) is 0. The second-order valence-corrected chi connectivity index (χ2v) is 2.53. The largest absolute Gasteiger partial charge is 0.356 e. The Labute approximate surface area is 68.7 Å². The predicted molar refractivity (Wildman–Crippen MR) is 47.3 cm³/mol. The molecule has 11 heavy (non-hydrogen) atoms. The molecule has 0 rings (SSSR count). The third-order valence-electron chi connectivity index (χ3n) is 1.43. The average molecular weight is 155 g/mol. The van der Waals surface area contributed by atoms with Crippen LogP contribution in [-0.4, -0.2) is 12.5 Å². The Morgan fingerprint density at radius 2 is 2.36 bits per heavy atom. The highest BCUT2D eigenvalue weighted by atomic mass is 16.1. The molecule has 0 aliphatic heterocycles. The van der Waals surface area contributed by atoms with E-state index in [0.717, 1.165) is 25.8 Å². The number of amides is 1. The Kier molecular flexibility index (Phi) is 6.79. The zero-order valence-electron chi connectivity index (χ0n) is 7.23. The summed E-state index contributed by atoms with van der Waals surface area (Å²) in [6.45, 7) is 6.47. The molecule has 0 aromatic rings. The zero-order valence-corrected chi connectivity index (χ0v) is 7.23. The molecule has 2 heteroatoms. The molecule has 0 aromatic carbocycles. The van der Waals surface area contributed by atoms with E-state index in [9.17, 15) is 4.79 Å². The van der Waals surface area contributed by atoms with Gasteiger partial charge in [-0.1, -0.05) is 19.4 Å². The van der Waals surface area contributed by atoms with Gasteiger partial charge in [0.05, 0.1) is 0 Å². The molecule has 1 N–H and O–H groups in total. The molecule has 0 fully saturated rings. The van der Waals surface area contributed by atoms with E-state index in [-0.39, 0.29) is 5.91 Å². The van der Waals surface area contributed by atoms with Crippen molar-refractivity contribution in [3.8, 4) is 0 Å². The highest BCUT2D eigenvalue weighted by Gasteiger charge is 1.96. The van der Waals surface area contributed by atoms with Crippen LogP contribution in [0.2, 0.25) is 0 Å². The summed E-state index contributed by atoms with van der Waals surface area (Å²) in [5.41, 5.74) is 0. The number of nitrogens with one attached hydrogen (secondary N) is 1. The Morgan fingerprint density at radius 1 is 1.64 bits per heavy atom. The minimum Gasteiger partial charge on any atom is -0.356 e. The lowest BCUT2D eigenvalue weighted by Crippen LogP contribution is -2.23. The molecule has 2 nitrogen and oxygen atoms in total. The summed E-state index contributed by atoms with van der Waals surface area (Å²) in [6, 6.07) is 0. The number of rotatable bonds is 6. The fourth-order valence-corrected chi connectivity index (χ4v) is 0.726. The van der Waals surface area contributed by atoms with Gasteiger partial charge in [-0.25, -0.2) is 0 Å². The lowest BCUT2D eigenvalue weighted by molar-refractivity contribution is -0.121. The van der Waals surface area contributed by atoms with Gasteiger partial charge in [0.1, 0.15) is 0 Å². The van der Waals surface area contributed by atoms with Crippen molar-refractivity contribution in [2.75, 3.05) is 6.54 Å². The Morgan fingerprint density at radius 3 is 2.91 bits per heavy atom. The SMILES string of the molecule is C=CCCC(=O)NCCCC. The molecule has 0 aliphatic carbocycles. The van der Waals surface area contributed by atoms with Gasteiger partial charge < -0.3 is 5.32 Å². The maximum Gasteiger partial charge on any atom is 0.220 e. The van der Waals surface area contributed by atoms with Crippen LogP contribution in [0.1, 0.15) is 32.6 Å². The van der Waals surface area contributed by atoms with E-state index in [1.807, 2.05) is 0 Å². The fraction of sp³-hybridized carbons (Fsp3) is 0.667. The lowest BCUT2D eigenvalue weighted by atomic mass is 10.3.